The van der Waals surface area contributed by atoms with Crippen molar-refractivity contribution in [2.24, 2.45) is 0 Å². The standard InChI is InChI=1S/C15H28O4/c1-3-4-13-19-15(17)12-10-8-6-5-7-9-11-14(16)18-2/h3-13H2,1-2H3. The minimum atomic E-state index is -0.130. The molecule has 0 fully saturated rings. The number of carbonyl (C=O) groups excluding carboxylic acids is 2. The van der Waals surface area contributed by atoms with E-state index in [2.05, 4.69) is 11.7 Å². The minimum Gasteiger partial charge on any atom is -0.469 e. The highest BCUT2D eigenvalue weighted by Gasteiger charge is 2.02. The minimum absolute atomic E-state index is 0.0702. The molecular weight excluding hydrogens is 244 g/mol. The Morgan fingerprint density at radius 3 is 1.84 bits per heavy atom. The van der Waals surface area contributed by atoms with E-state index in [-0.39, 0.29) is 11.9 Å². The van der Waals surface area contributed by atoms with Gasteiger partial charge in [-0.1, -0.05) is 39.0 Å². The zero-order chi connectivity index (χ0) is 14.3. The summed E-state index contributed by atoms with van der Waals surface area (Å²) in [5.41, 5.74) is 0. The van der Waals surface area contributed by atoms with Gasteiger partial charge in [0, 0.05) is 12.8 Å². The summed E-state index contributed by atoms with van der Waals surface area (Å²) in [5.74, 6) is -0.200. The Morgan fingerprint density at radius 2 is 1.32 bits per heavy atom. The summed E-state index contributed by atoms with van der Waals surface area (Å²) in [4.78, 5) is 22.1. The molecule has 0 aliphatic carbocycles. The van der Waals surface area contributed by atoms with Crippen molar-refractivity contribution in [3.63, 3.8) is 0 Å². The lowest BCUT2D eigenvalue weighted by atomic mass is 10.1. The van der Waals surface area contributed by atoms with Gasteiger partial charge in [-0.3, -0.25) is 9.59 Å². The second-order valence-electron chi connectivity index (χ2n) is 4.77. The summed E-state index contributed by atoms with van der Waals surface area (Å²) in [6.07, 6.45) is 9.19. The van der Waals surface area contributed by atoms with Crippen LogP contribution in [0.4, 0.5) is 0 Å². The smallest absolute Gasteiger partial charge is 0.305 e. The molecule has 0 amide bonds. The van der Waals surface area contributed by atoms with Crippen LogP contribution >= 0.6 is 0 Å². The first-order valence-electron chi connectivity index (χ1n) is 7.43. The van der Waals surface area contributed by atoms with Crippen LogP contribution in [0, 0.1) is 0 Å². The van der Waals surface area contributed by atoms with Crippen LogP contribution in [-0.4, -0.2) is 25.7 Å². The van der Waals surface area contributed by atoms with Gasteiger partial charge in [-0.25, -0.2) is 0 Å². The summed E-state index contributed by atoms with van der Waals surface area (Å²) in [6, 6.07) is 0. The van der Waals surface area contributed by atoms with Gasteiger partial charge in [0.2, 0.25) is 0 Å². The SMILES string of the molecule is CCCCOC(=O)CCCCCCCCC(=O)OC. The Balaban J connectivity index is 3.18. The van der Waals surface area contributed by atoms with Gasteiger partial charge >= 0.3 is 11.9 Å². The summed E-state index contributed by atoms with van der Waals surface area (Å²) in [7, 11) is 1.42. The van der Waals surface area contributed by atoms with Gasteiger partial charge in [0.05, 0.1) is 13.7 Å². The highest BCUT2D eigenvalue weighted by atomic mass is 16.5. The van der Waals surface area contributed by atoms with Crippen LogP contribution in [0.2, 0.25) is 0 Å². The van der Waals surface area contributed by atoms with Crippen molar-refractivity contribution in [2.75, 3.05) is 13.7 Å². The molecule has 0 atom stereocenters. The molecule has 0 saturated heterocycles. The zero-order valence-corrected chi connectivity index (χ0v) is 12.4. The number of rotatable bonds is 12. The normalized spacial score (nSPS) is 10.2. The predicted octanol–water partition coefficient (Wildman–Crippen LogP) is 3.62. The maximum Gasteiger partial charge on any atom is 0.305 e. The van der Waals surface area contributed by atoms with E-state index in [1.165, 1.54) is 7.11 Å². The molecule has 4 heteroatoms. The van der Waals surface area contributed by atoms with Crippen molar-refractivity contribution in [3.8, 4) is 0 Å². The quantitative estimate of drug-likeness (QED) is 0.402. The molecule has 0 aliphatic rings. The van der Waals surface area contributed by atoms with Crippen molar-refractivity contribution in [1.29, 1.82) is 0 Å². The molecule has 0 aromatic heterocycles. The Kier molecular flexibility index (Phi) is 12.6. The van der Waals surface area contributed by atoms with E-state index in [1.54, 1.807) is 0 Å². The lowest BCUT2D eigenvalue weighted by Crippen LogP contribution is -2.05. The molecule has 0 aliphatic heterocycles. The number of methoxy groups -OCH3 is 1. The molecule has 0 aromatic carbocycles. The highest BCUT2D eigenvalue weighted by Crippen LogP contribution is 2.09. The molecule has 0 bridgehead atoms. The monoisotopic (exact) mass is 272 g/mol. The van der Waals surface area contributed by atoms with Crippen LogP contribution in [0.1, 0.15) is 71.1 Å². The van der Waals surface area contributed by atoms with Crippen LogP contribution in [0.3, 0.4) is 0 Å². The molecule has 112 valence electrons. The number of hydrogen-bond acceptors (Lipinski definition) is 4. The van der Waals surface area contributed by atoms with E-state index in [1.807, 2.05) is 0 Å². The molecular formula is C15H28O4. The number of carbonyl (C=O) groups is 2. The number of esters is 2. The predicted molar refractivity (Wildman–Crippen MR) is 74.8 cm³/mol. The largest absolute Gasteiger partial charge is 0.469 e. The third kappa shape index (κ3) is 13.2. The topological polar surface area (TPSA) is 52.6 Å². The highest BCUT2D eigenvalue weighted by molar-refractivity contribution is 5.69. The number of unbranched alkanes of at least 4 members (excludes halogenated alkanes) is 6. The van der Waals surface area contributed by atoms with Crippen molar-refractivity contribution in [1.82, 2.24) is 0 Å². The van der Waals surface area contributed by atoms with Crippen molar-refractivity contribution >= 4 is 11.9 Å². The van der Waals surface area contributed by atoms with Crippen LogP contribution in [0.25, 0.3) is 0 Å². The Labute approximate surface area is 116 Å². The van der Waals surface area contributed by atoms with Gasteiger partial charge in [0.15, 0.2) is 0 Å². The molecule has 0 rings (SSSR count). The summed E-state index contributed by atoms with van der Waals surface area (Å²) in [5, 5.41) is 0. The maximum atomic E-state index is 11.3. The molecule has 0 unspecified atom stereocenters. The molecule has 0 aromatic rings. The molecule has 0 saturated carbocycles. The fraction of sp³-hybridized carbons (Fsp3) is 0.867. The van der Waals surface area contributed by atoms with E-state index in [0.717, 1.165) is 51.4 Å². The summed E-state index contributed by atoms with van der Waals surface area (Å²) < 4.78 is 9.65. The van der Waals surface area contributed by atoms with Crippen LogP contribution in [-0.2, 0) is 19.1 Å². The van der Waals surface area contributed by atoms with E-state index < -0.39 is 0 Å². The van der Waals surface area contributed by atoms with Crippen molar-refractivity contribution in [2.45, 2.75) is 71.1 Å². The molecule has 4 nitrogen and oxygen atoms in total. The lowest BCUT2D eigenvalue weighted by molar-refractivity contribution is -0.144. The van der Waals surface area contributed by atoms with Gasteiger partial charge in [0.1, 0.15) is 0 Å². The third-order valence-electron chi connectivity index (χ3n) is 3.00. The number of ether oxygens (including phenoxy) is 2. The average molecular weight is 272 g/mol. The molecule has 0 N–H and O–H groups in total. The van der Waals surface area contributed by atoms with Gasteiger partial charge in [0.25, 0.3) is 0 Å². The van der Waals surface area contributed by atoms with E-state index in [9.17, 15) is 9.59 Å². The molecule has 0 heterocycles. The van der Waals surface area contributed by atoms with E-state index >= 15 is 0 Å². The number of hydrogen-bond donors (Lipinski definition) is 0. The Bertz CT molecular complexity index is 238. The summed E-state index contributed by atoms with van der Waals surface area (Å²) >= 11 is 0. The van der Waals surface area contributed by atoms with Gasteiger partial charge in [-0.15, -0.1) is 0 Å². The van der Waals surface area contributed by atoms with Crippen LogP contribution < -0.4 is 0 Å². The zero-order valence-electron chi connectivity index (χ0n) is 12.4. The second-order valence-corrected chi connectivity index (χ2v) is 4.77. The fourth-order valence-electron chi connectivity index (χ4n) is 1.75. The Hall–Kier alpha value is -1.06. The molecule has 0 spiro atoms. The Morgan fingerprint density at radius 1 is 0.789 bits per heavy atom. The first-order chi connectivity index (χ1) is 9.20. The third-order valence-corrected chi connectivity index (χ3v) is 3.00. The van der Waals surface area contributed by atoms with Crippen LogP contribution in [0.15, 0.2) is 0 Å². The molecule has 0 radical (unpaired) electrons. The van der Waals surface area contributed by atoms with Crippen molar-refractivity contribution < 1.29 is 19.1 Å². The first-order valence-corrected chi connectivity index (χ1v) is 7.43. The second kappa shape index (κ2) is 13.4. The lowest BCUT2D eigenvalue weighted by Gasteiger charge is -2.04. The van der Waals surface area contributed by atoms with E-state index in [4.69, 9.17) is 4.74 Å². The van der Waals surface area contributed by atoms with E-state index in [0.29, 0.717) is 19.4 Å². The molecule has 19 heavy (non-hydrogen) atoms. The average Bonchev–Trinajstić information content (AvgIpc) is 2.41. The summed E-state index contributed by atoms with van der Waals surface area (Å²) in [6.45, 7) is 2.64. The van der Waals surface area contributed by atoms with Gasteiger partial charge in [-0.05, 0) is 19.3 Å². The maximum absolute atomic E-state index is 11.3. The fourth-order valence-corrected chi connectivity index (χ4v) is 1.75. The van der Waals surface area contributed by atoms with Gasteiger partial charge in [-0.2, -0.15) is 0 Å². The van der Waals surface area contributed by atoms with Crippen LogP contribution in [0.5, 0.6) is 0 Å². The van der Waals surface area contributed by atoms with Crippen molar-refractivity contribution in [3.05, 3.63) is 0 Å². The first kappa shape index (κ1) is 17.9. The van der Waals surface area contributed by atoms with Gasteiger partial charge < -0.3 is 9.47 Å².